The minimum absolute atomic E-state index is 0.00679. The first-order valence-corrected chi connectivity index (χ1v) is 8.42. The Kier molecular flexibility index (Phi) is 5.43. The summed E-state index contributed by atoms with van der Waals surface area (Å²) in [5.74, 6) is 0.157. The molecule has 0 aromatic heterocycles. The fourth-order valence-corrected chi connectivity index (χ4v) is 3.20. The lowest BCUT2D eigenvalue weighted by atomic mass is 10.00. The standard InChI is InChI=1S/C20H24N2O/c23-20(21-15-17-9-3-1-4-10-17)19-13-7-8-14-22(19)16-18-11-5-2-6-12-18/h1-6,9-12,19H,7-8,13-16H2,(H,21,23). The summed E-state index contributed by atoms with van der Waals surface area (Å²) in [6, 6.07) is 20.5. The minimum atomic E-state index is -0.00679. The topological polar surface area (TPSA) is 32.3 Å². The van der Waals surface area contributed by atoms with Crippen molar-refractivity contribution < 1.29 is 4.79 Å². The van der Waals surface area contributed by atoms with Crippen LogP contribution in [-0.2, 0) is 17.9 Å². The number of carbonyl (C=O) groups excluding carboxylic acids is 1. The molecule has 0 bridgehead atoms. The molecular weight excluding hydrogens is 284 g/mol. The molecule has 0 saturated carbocycles. The van der Waals surface area contributed by atoms with Gasteiger partial charge in [-0.3, -0.25) is 9.69 Å². The van der Waals surface area contributed by atoms with Crippen molar-refractivity contribution in [3.8, 4) is 0 Å². The molecule has 3 nitrogen and oxygen atoms in total. The summed E-state index contributed by atoms with van der Waals surface area (Å²) in [5.41, 5.74) is 2.42. The molecule has 3 heteroatoms. The molecule has 1 fully saturated rings. The average molecular weight is 308 g/mol. The molecule has 120 valence electrons. The second-order valence-electron chi connectivity index (χ2n) is 6.17. The highest BCUT2D eigenvalue weighted by atomic mass is 16.2. The van der Waals surface area contributed by atoms with Gasteiger partial charge in [0, 0.05) is 13.1 Å². The first kappa shape index (κ1) is 15.8. The Morgan fingerprint density at radius 1 is 0.957 bits per heavy atom. The van der Waals surface area contributed by atoms with Gasteiger partial charge in [-0.1, -0.05) is 67.1 Å². The molecule has 1 aliphatic heterocycles. The van der Waals surface area contributed by atoms with Gasteiger partial charge in [-0.15, -0.1) is 0 Å². The highest BCUT2D eigenvalue weighted by molar-refractivity contribution is 5.81. The highest BCUT2D eigenvalue weighted by Crippen LogP contribution is 2.20. The van der Waals surface area contributed by atoms with Gasteiger partial charge in [-0.25, -0.2) is 0 Å². The van der Waals surface area contributed by atoms with E-state index in [1.165, 1.54) is 12.0 Å². The SMILES string of the molecule is O=C(NCc1ccccc1)C1CCCCN1Cc1ccccc1. The Morgan fingerprint density at radius 2 is 1.61 bits per heavy atom. The number of amides is 1. The van der Waals surface area contributed by atoms with Gasteiger partial charge in [0.15, 0.2) is 0 Å². The largest absolute Gasteiger partial charge is 0.351 e. The maximum absolute atomic E-state index is 12.6. The lowest BCUT2D eigenvalue weighted by Crippen LogP contribution is -2.48. The number of benzene rings is 2. The summed E-state index contributed by atoms with van der Waals surface area (Å²) >= 11 is 0. The number of nitrogens with one attached hydrogen (secondary N) is 1. The molecule has 1 N–H and O–H groups in total. The lowest BCUT2D eigenvalue weighted by Gasteiger charge is -2.34. The molecule has 1 heterocycles. The monoisotopic (exact) mass is 308 g/mol. The molecule has 1 aliphatic rings. The van der Waals surface area contributed by atoms with E-state index in [1.807, 2.05) is 36.4 Å². The van der Waals surface area contributed by atoms with Crippen molar-refractivity contribution in [3.63, 3.8) is 0 Å². The van der Waals surface area contributed by atoms with Crippen molar-refractivity contribution in [2.24, 2.45) is 0 Å². The summed E-state index contributed by atoms with van der Waals surface area (Å²) in [4.78, 5) is 14.9. The Bertz CT molecular complexity index is 612. The van der Waals surface area contributed by atoms with E-state index >= 15 is 0 Å². The Hall–Kier alpha value is -2.13. The van der Waals surface area contributed by atoms with Crippen LogP contribution in [0.4, 0.5) is 0 Å². The van der Waals surface area contributed by atoms with Gasteiger partial charge < -0.3 is 5.32 Å². The van der Waals surface area contributed by atoms with Gasteiger partial charge in [0.25, 0.3) is 0 Å². The number of hydrogen-bond donors (Lipinski definition) is 1. The zero-order valence-corrected chi connectivity index (χ0v) is 13.4. The van der Waals surface area contributed by atoms with Crippen LogP contribution in [0.15, 0.2) is 60.7 Å². The van der Waals surface area contributed by atoms with Crippen LogP contribution in [0.25, 0.3) is 0 Å². The number of likely N-dealkylation sites (tertiary alicyclic amines) is 1. The lowest BCUT2D eigenvalue weighted by molar-refractivity contribution is -0.128. The fourth-order valence-electron chi connectivity index (χ4n) is 3.20. The molecule has 23 heavy (non-hydrogen) atoms. The van der Waals surface area contributed by atoms with Gasteiger partial charge in [-0.2, -0.15) is 0 Å². The second-order valence-corrected chi connectivity index (χ2v) is 6.17. The number of nitrogens with zero attached hydrogens (tertiary/aromatic N) is 1. The van der Waals surface area contributed by atoms with Crippen LogP contribution in [0, 0.1) is 0 Å². The van der Waals surface area contributed by atoms with Crippen molar-refractivity contribution in [1.82, 2.24) is 10.2 Å². The van der Waals surface area contributed by atoms with Gasteiger partial charge in [-0.05, 0) is 30.5 Å². The molecule has 0 aliphatic carbocycles. The quantitative estimate of drug-likeness (QED) is 0.918. The van der Waals surface area contributed by atoms with E-state index in [0.717, 1.165) is 31.5 Å². The maximum Gasteiger partial charge on any atom is 0.237 e. The Morgan fingerprint density at radius 3 is 2.30 bits per heavy atom. The molecule has 1 amide bonds. The van der Waals surface area contributed by atoms with E-state index < -0.39 is 0 Å². The smallest absolute Gasteiger partial charge is 0.237 e. The third kappa shape index (κ3) is 4.42. The minimum Gasteiger partial charge on any atom is -0.351 e. The zero-order valence-electron chi connectivity index (χ0n) is 13.4. The zero-order chi connectivity index (χ0) is 15.9. The van der Waals surface area contributed by atoms with E-state index in [0.29, 0.717) is 6.54 Å². The predicted molar refractivity (Wildman–Crippen MR) is 92.8 cm³/mol. The van der Waals surface area contributed by atoms with E-state index in [1.54, 1.807) is 0 Å². The van der Waals surface area contributed by atoms with E-state index in [9.17, 15) is 4.79 Å². The third-order valence-corrected chi connectivity index (χ3v) is 4.45. The highest BCUT2D eigenvalue weighted by Gasteiger charge is 2.28. The van der Waals surface area contributed by atoms with Crippen LogP contribution in [0.1, 0.15) is 30.4 Å². The molecule has 1 unspecified atom stereocenters. The Balaban J connectivity index is 1.60. The molecule has 0 radical (unpaired) electrons. The Labute approximate surface area is 138 Å². The van der Waals surface area contributed by atoms with Gasteiger partial charge in [0.2, 0.25) is 5.91 Å². The summed E-state index contributed by atoms with van der Waals surface area (Å²) in [7, 11) is 0. The normalized spacial score (nSPS) is 18.5. The van der Waals surface area contributed by atoms with Crippen LogP contribution in [0.2, 0.25) is 0 Å². The third-order valence-electron chi connectivity index (χ3n) is 4.45. The van der Waals surface area contributed by atoms with Crippen LogP contribution >= 0.6 is 0 Å². The molecule has 1 saturated heterocycles. The maximum atomic E-state index is 12.6. The van der Waals surface area contributed by atoms with Crippen LogP contribution in [0.5, 0.6) is 0 Å². The van der Waals surface area contributed by atoms with E-state index in [4.69, 9.17) is 0 Å². The van der Waals surface area contributed by atoms with Crippen molar-refractivity contribution in [3.05, 3.63) is 71.8 Å². The predicted octanol–water partition coefficient (Wildman–Crippen LogP) is 3.36. The van der Waals surface area contributed by atoms with E-state index in [2.05, 4.69) is 34.5 Å². The second kappa shape index (κ2) is 7.93. The molecule has 3 rings (SSSR count). The van der Waals surface area contributed by atoms with Crippen LogP contribution in [0.3, 0.4) is 0 Å². The first-order valence-electron chi connectivity index (χ1n) is 8.42. The molecule has 0 spiro atoms. The van der Waals surface area contributed by atoms with E-state index in [-0.39, 0.29) is 11.9 Å². The van der Waals surface area contributed by atoms with Crippen molar-refractivity contribution in [2.45, 2.75) is 38.4 Å². The van der Waals surface area contributed by atoms with Gasteiger partial charge >= 0.3 is 0 Å². The number of carbonyl (C=O) groups is 1. The van der Waals surface area contributed by atoms with Gasteiger partial charge in [0.1, 0.15) is 0 Å². The van der Waals surface area contributed by atoms with Crippen LogP contribution < -0.4 is 5.32 Å². The van der Waals surface area contributed by atoms with Crippen molar-refractivity contribution in [1.29, 1.82) is 0 Å². The average Bonchev–Trinajstić information content (AvgIpc) is 2.62. The molecular formula is C20H24N2O. The summed E-state index contributed by atoms with van der Waals surface area (Å²) in [5, 5.41) is 3.10. The number of rotatable bonds is 5. The van der Waals surface area contributed by atoms with Gasteiger partial charge in [0.05, 0.1) is 6.04 Å². The number of hydrogen-bond acceptors (Lipinski definition) is 2. The van der Waals surface area contributed by atoms with Crippen molar-refractivity contribution >= 4 is 5.91 Å². The van der Waals surface area contributed by atoms with Crippen molar-refractivity contribution in [2.75, 3.05) is 6.54 Å². The summed E-state index contributed by atoms with van der Waals surface area (Å²) in [6.07, 6.45) is 3.26. The molecule has 1 atom stereocenters. The summed E-state index contributed by atoms with van der Waals surface area (Å²) < 4.78 is 0. The first-order chi connectivity index (χ1) is 11.3. The molecule has 2 aromatic rings. The fraction of sp³-hybridized carbons (Fsp3) is 0.350. The number of piperidine rings is 1. The molecule has 2 aromatic carbocycles. The summed E-state index contributed by atoms with van der Waals surface area (Å²) in [6.45, 7) is 2.46. The van der Waals surface area contributed by atoms with Crippen LogP contribution in [-0.4, -0.2) is 23.4 Å².